The van der Waals surface area contributed by atoms with Crippen LogP contribution in [0.25, 0.3) is 0 Å². The first-order chi connectivity index (χ1) is 11.5. The quantitative estimate of drug-likeness (QED) is 0.800. The fourth-order valence-corrected chi connectivity index (χ4v) is 4.17. The summed E-state index contributed by atoms with van der Waals surface area (Å²) >= 11 is 1.42. The lowest BCUT2D eigenvalue weighted by molar-refractivity contribution is -0.117. The molecule has 132 valence electrons. The number of aryl methyl sites for hydroxylation is 1. The molecule has 0 aromatic carbocycles. The third kappa shape index (κ3) is 4.32. The van der Waals surface area contributed by atoms with Gasteiger partial charge in [-0.25, -0.2) is 9.78 Å². The van der Waals surface area contributed by atoms with Crippen molar-refractivity contribution in [1.29, 1.82) is 0 Å². The Balaban J connectivity index is 1.58. The van der Waals surface area contributed by atoms with E-state index in [0.29, 0.717) is 6.04 Å². The standard InChI is InChI=1S/C17H26N4O2S/c1-11-12(2)21(14-6-4-3-5-7-14)17(18-11)24-10-15(22)20-16(23)19-13-8-9-13/h13-14H,3-10H2,1-2H3,(H2,19,20,22,23). The summed E-state index contributed by atoms with van der Waals surface area (Å²) < 4.78 is 2.30. The van der Waals surface area contributed by atoms with Gasteiger partial charge in [0.1, 0.15) is 0 Å². The molecule has 24 heavy (non-hydrogen) atoms. The number of carbonyl (C=O) groups excluding carboxylic acids is 2. The second-order valence-corrected chi connectivity index (χ2v) is 7.75. The molecule has 0 unspecified atom stereocenters. The van der Waals surface area contributed by atoms with Crippen molar-refractivity contribution in [1.82, 2.24) is 20.2 Å². The van der Waals surface area contributed by atoms with Crippen molar-refractivity contribution in [2.75, 3.05) is 5.75 Å². The van der Waals surface area contributed by atoms with Gasteiger partial charge in [-0.15, -0.1) is 0 Å². The number of imidazole rings is 1. The van der Waals surface area contributed by atoms with Crippen LogP contribution >= 0.6 is 11.8 Å². The Labute approximate surface area is 147 Å². The van der Waals surface area contributed by atoms with Crippen molar-refractivity contribution in [3.63, 3.8) is 0 Å². The third-order valence-electron chi connectivity index (χ3n) is 4.79. The number of urea groups is 1. The second-order valence-electron chi connectivity index (χ2n) is 6.81. The van der Waals surface area contributed by atoms with Gasteiger partial charge in [-0.1, -0.05) is 31.0 Å². The SMILES string of the molecule is Cc1nc(SCC(=O)NC(=O)NC2CC2)n(C2CCCCC2)c1C. The highest BCUT2D eigenvalue weighted by atomic mass is 32.2. The largest absolute Gasteiger partial charge is 0.335 e. The molecule has 3 rings (SSSR count). The minimum Gasteiger partial charge on any atom is -0.335 e. The summed E-state index contributed by atoms with van der Waals surface area (Å²) in [6.45, 7) is 4.12. The molecule has 0 spiro atoms. The molecular weight excluding hydrogens is 324 g/mol. The number of hydrogen-bond acceptors (Lipinski definition) is 4. The van der Waals surface area contributed by atoms with Crippen LogP contribution in [-0.2, 0) is 4.79 Å². The monoisotopic (exact) mass is 350 g/mol. The van der Waals surface area contributed by atoms with Crippen molar-refractivity contribution in [3.8, 4) is 0 Å². The number of nitrogens with one attached hydrogen (secondary N) is 2. The van der Waals surface area contributed by atoms with Crippen molar-refractivity contribution < 1.29 is 9.59 Å². The van der Waals surface area contributed by atoms with E-state index in [1.54, 1.807) is 0 Å². The summed E-state index contributed by atoms with van der Waals surface area (Å²) in [6, 6.07) is 0.357. The molecule has 0 bridgehead atoms. The van der Waals surface area contributed by atoms with E-state index in [-0.39, 0.29) is 23.7 Å². The second kappa shape index (κ2) is 7.59. The Morgan fingerprint density at radius 1 is 1.17 bits per heavy atom. The molecule has 0 atom stereocenters. The number of amides is 3. The number of rotatable bonds is 5. The Morgan fingerprint density at radius 2 is 1.88 bits per heavy atom. The van der Waals surface area contributed by atoms with E-state index in [9.17, 15) is 9.59 Å². The zero-order valence-corrected chi connectivity index (χ0v) is 15.2. The van der Waals surface area contributed by atoms with E-state index in [2.05, 4.69) is 27.1 Å². The smallest absolute Gasteiger partial charge is 0.321 e. The van der Waals surface area contributed by atoms with Crippen LogP contribution < -0.4 is 10.6 Å². The third-order valence-corrected chi connectivity index (χ3v) is 5.74. The minimum atomic E-state index is -0.383. The molecule has 1 aromatic heterocycles. The van der Waals surface area contributed by atoms with Crippen LogP contribution in [0.15, 0.2) is 5.16 Å². The van der Waals surface area contributed by atoms with Gasteiger partial charge in [-0.3, -0.25) is 10.1 Å². The highest BCUT2D eigenvalue weighted by molar-refractivity contribution is 7.99. The Hall–Kier alpha value is -1.50. The minimum absolute atomic E-state index is 0.209. The molecule has 6 nitrogen and oxygen atoms in total. The number of aromatic nitrogens is 2. The van der Waals surface area contributed by atoms with Crippen molar-refractivity contribution >= 4 is 23.7 Å². The molecule has 2 aliphatic carbocycles. The maximum Gasteiger partial charge on any atom is 0.321 e. The van der Waals surface area contributed by atoms with Gasteiger partial charge in [0, 0.05) is 17.8 Å². The van der Waals surface area contributed by atoms with Crippen LogP contribution in [0.2, 0.25) is 0 Å². The number of hydrogen-bond donors (Lipinski definition) is 2. The first-order valence-corrected chi connectivity index (χ1v) is 9.81. The fraction of sp³-hybridized carbons (Fsp3) is 0.706. The van der Waals surface area contributed by atoms with Crippen molar-refractivity contribution in [2.45, 2.75) is 76.0 Å². The van der Waals surface area contributed by atoms with Crippen LogP contribution in [0.5, 0.6) is 0 Å². The highest BCUT2D eigenvalue weighted by Gasteiger charge is 2.25. The maximum absolute atomic E-state index is 12.0. The number of nitrogens with zero attached hydrogens (tertiary/aromatic N) is 2. The molecule has 1 aromatic rings. The van der Waals surface area contributed by atoms with E-state index in [1.165, 1.54) is 49.6 Å². The van der Waals surface area contributed by atoms with E-state index in [0.717, 1.165) is 23.7 Å². The van der Waals surface area contributed by atoms with E-state index >= 15 is 0 Å². The van der Waals surface area contributed by atoms with Crippen LogP contribution in [0.1, 0.15) is 62.4 Å². The molecule has 2 N–H and O–H groups in total. The van der Waals surface area contributed by atoms with Gasteiger partial charge < -0.3 is 9.88 Å². The van der Waals surface area contributed by atoms with Crippen LogP contribution in [0.4, 0.5) is 4.79 Å². The molecule has 0 aliphatic heterocycles. The van der Waals surface area contributed by atoms with Crippen LogP contribution in [-0.4, -0.2) is 33.3 Å². The lowest BCUT2D eigenvalue weighted by atomic mass is 9.95. The number of carbonyl (C=O) groups is 2. The van der Waals surface area contributed by atoms with Crippen LogP contribution in [0, 0.1) is 13.8 Å². The molecule has 1 heterocycles. The predicted molar refractivity (Wildman–Crippen MR) is 94.2 cm³/mol. The molecular formula is C17H26N4O2S. The summed E-state index contributed by atoms with van der Waals surface area (Å²) in [6.07, 6.45) is 8.20. The molecule has 2 aliphatic rings. The van der Waals surface area contributed by atoms with Gasteiger partial charge in [0.2, 0.25) is 5.91 Å². The Bertz CT molecular complexity index is 618. The summed E-state index contributed by atoms with van der Waals surface area (Å²) in [4.78, 5) is 28.2. The lowest BCUT2D eigenvalue weighted by Gasteiger charge is -2.26. The van der Waals surface area contributed by atoms with E-state index < -0.39 is 0 Å². The number of thioether (sulfide) groups is 1. The van der Waals surface area contributed by atoms with Gasteiger partial charge >= 0.3 is 6.03 Å². The Morgan fingerprint density at radius 3 is 2.54 bits per heavy atom. The molecule has 3 amide bonds. The first kappa shape index (κ1) is 17.3. The van der Waals surface area contributed by atoms with Crippen molar-refractivity contribution in [3.05, 3.63) is 11.4 Å². The van der Waals surface area contributed by atoms with Gasteiger partial charge in [-0.2, -0.15) is 0 Å². The van der Waals surface area contributed by atoms with Gasteiger partial charge in [0.05, 0.1) is 11.4 Å². The molecule has 0 saturated heterocycles. The van der Waals surface area contributed by atoms with Gasteiger partial charge in [0.15, 0.2) is 5.16 Å². The number of imide groups is 1. The summed E-state index contributed by atoms with van der Waals surface area (Å²) in [5.74, 6) is -0.0626. The van der Waals surface area contributed by atoms with Crippen molar-refractivity contribution in [2.24, 2.45) is 0 Å². The molecule has 7 heteroatoms. The summed E-state index contributed by atoms with van der Waals surface area (Å²) in [5, 5.41) is 6.05. The van der Waals surface area contributed by atoms with Gasteiger partial charge in [0.25, 0.3) is 0 Å². The lowest BCUT2D eigenvalue weighted by Crippen LogP contribution is -2.41. The topological polar surface area (TPSA) is 76.0 Å². The predicted octanol–water partition coefficient (Wildman–Crippen LogP) is 3.09. The van der Waals surface area contributed by atoms with E-state index in [4.69, 9.17) is 0 Å². The molecule has 2 fully saturated rings. The zero-order chi connectivity index (χ0) is 17.1. The zero-order valence-electron chi connectivity index (χ0n) is 14.4. The summed E-state index contributed by atoms with van der Waals surface area (Å²) in [7, 11) is 0. The average Bonchev–Trinajstić information content (AvgIpc) is 3.32. The van der Waals surface area contributed by atoms with Gasteiger partial charge in [-0.05, 0) is 39.5 Å². The summed E-state index contributed by atoms with van der Waals surface area (Å²) in [5.41, 5.74) is 2.21. The Kier molecular flexibility index (Phi) is 5.48. The maximum atomic E-state index is 12.0. The first-order valence-electron chi connectivity index (χ1n) is 8.83. The van der Waals surface area contributed by atoms with Crippen LogP contribution in [0.3, 0.4) is 0 Å². The molecule has 0 radical (unpaired) electrons. The fourth-order valence-electron chi connectivity index (χ4n) is 3.21. The normalized spacial score (nSPS) is 18.4. The van der Waals surface area contributed by atoms with E-state index in [1.807, 2.05) is 6.92 Å². The highest BCUT2D eigenvalue weighted by Crippen LogP contribution is 2.34. The average molecular weight is 350 g/mol. The molecule has 2 saturated carbocycles.